The van der Waals surface area contributed by atoms with Gasteiger partial charge in [0.15, 0.2) is 0 Å². The van der Waals surface area contributed by atoms with Crippen molar-refractivity contribution in [2.75, 3.05) is 0 Å². The number of hydrogen-bond acceptors (Lipinski definition) is 5. The molecule has 3 aromatic carbocycles. The van der Waals surface area contributed by atoms with Crippen molar-refractivity contribution in [1.29, 1.82) is 0 Å². The number of phenols is 1. The Balaban J connectivity index is 2.00. The summed E-state index contributed by atoms with van der Waals surface area (Å²) in [5, 5.41) is 21.1. The summed E-state index contributed by atoms with van der Waals surface area (Å²) < 4.78 is 5.23. The fraction of sp³-hybridized carbons (Fsp3) is 0. The van der Waals surface area contributed by atoms with Crippen molar-refractivity contribution in [1.82, 2.24) is 0 Å². The van der Waals surface area contributed by atoms with Crippen molar-refractivity contribution >= 4 is 11.7 Å². The van der Waals surface area contributed by atoms with Crippen LogP contribution in [0.3, 0.4) is 0 Å². The van der Waals surface area contributed by atoms with E-state index in [2.05, 4.69) is 0 Å². The molecule has 0 aliphatic carbocycles. The maximum Gasteiger partial charge on any atom is 0.344 e. The monoisotopic (exact) mass is 335 g/mol. The van der Waals surface area contributed by atoms with Crippen LogP contribution >= 0.6 is 0 Å². The molecule has 0 unspecified atom stereocenters. The summed E-state index contributed by atoms with van der Waals surface area (Å²) in [6, 6.07) is 18.8. The van der Waals surface area contributed by atoms with E-state index in [9.17, 15) is 20.0 Å². The van der Waals surface area contributed by atoms with E-state index in [-0.39, 0.29) is 22.7 Å². The van der Waals surface area contributed by atoms with Crippen LogP contribution in [0.2, 0.25) is 0 Å². The number of benzene rings is 3. The molecule has 0 radical (unpaired) electrons. The number of carbonyl (C=O) groups is 1. The van der Waals surface area contributed by atoms with Crippen LogP contribution in [0.5, 0.6) is 11.5 Å². The zero-order chi connectivity index (χ0) is 17.8. The van der Waals surface area contributed by atoms with E-state index in [1.54, 1.807) is 48.5 Å². The van der Waals surface area contributed by atoms with Crippen LogP contribution in [-0.4, -0.2) is 16.0 Å². The van der Waals surface area contributed by atoms with Gasteiger partial charge >= 0.3 is 11.7 Å². The number of carbonyl (C=O) groups excluding carboxylic acids is 1. The van der Waals surface area contributed by atoms with Gasteiger partial charge in [0, 0.05) is 11.6 Å². The standard InChI is InChI=1S/C19H13NO5/c21-17-11-5-3-8-14(17)13-7-1-2-9-15(13)19(22)25-18-12-6-4-10-16(18)20(23)24/h1-12,21H. The molecular weight excluding hydrogens is 322 g/mol. The van der Waals surface area contributed by atoms with Crippen molar-refractivity contribution < 1.29 is 19.6 Å². The number of para-hydroxylation sites is 3. The molecule has 0 aliphatic heterocycles. The summed E-state index contributed by atoms with van der Waals surface area (Å²) in [7, 11) is 0. The lowest BCUT2D eigenvalue weighted by molar-refractivity contribution is -0.385. The van der Waals surface area contributed by atoms with Gasteiger partial charge in [0.25, 0.3) is 0 Å². The molecular formula is C19H13NO5. The number of aromatic hydroxyl groups is 1. The van der Waals surface area contributed by atoms with E-state index < -0.39 is 10.9 Å². The molecule has 0 saturated carbocycles. The van der Waals surface area contributed by atoms with Gasteiger partial charge in [-0.3, -0.25) is 10.1 Å². The van der Waals surface area contributed by atoms with Crippen molar-refractivity contribution in [3.63, 3.8) is 0 Å². The number of ether oxygens (including phenoxy) is 1. The minimum absolute atomic E-state index is 0.0217. The zero-order valence-electron chi connectivity index (χ0n) is 13.0. The smallest absolute Gasteiger partial charge is 0.344 e. The molecule has 0 heterocycles. The van der Waals surface area contributed by atoms with Crippen LogP contribution in [0.1, 0.15) is 10.4 Å². The number of rotatable bonds is 4. The van der Waals surface area contributed by atoms with Gasteiger partial charge in [-0.05, 0) is 23.8 Å². The predicted molar refractivity (Wildman–Crippen MR) is 91.6 cm³/mol. The molecule has 0 aromatic heterocycles. The molecule has 1 N–H and O–H groups in total. The maximum atomic E-state index is 12.6. The van der Waals surface area contributed by atoms with E-state index in [1.807, 2.05) is 0 Å². The zero-order valence-corrected chi connectivity index (χ0v) is 13.0. The quantitative estimate of drug-likeness (QED) is 0.334. The largest absolute Gasteiger partial charge is 0.507 e. The second-order valence-electron chi connectivity index (χ2n) is 5.18. The highest BCUT2D eigenvalue weighted by Crippen LogP contribution is 2.33. The van der Waals surface area contributed by atoms with Crippen molar-refractivity contribution in [3.8, 4) is 22.6 Å². The molecule has 0 atom stereocenters. The molecule has 3 rings (SSSR count). The van der Waals surface area contributed by atoms with E-state index in [1.165, 1.54) is 24.3 Å². The average molecular weight is 335 g/mol. The van der Waals surface area contributed by atoms with Crippen LogP contribution < -0.4 is 4.74 Å². The highest BCUT2D eigenvalue weighted by molar-refractivity contribution is 5.99. The summed E-state index contributed by atoms with van der Waals surface area (Å²) in [5.74, 6) is -0.855. The second-order valence-corrected chi connectivity index (χ2v) is 5.18. The SMILES string of the molecule is O=C(Oc1ccccc1[N+](=O)[O-])c1ccccc1-c1ccccc1O. The first-order chi connectivity index (χ1) is 12.1. The average Bonchev–Trinajstić information content (AvgIpc) is 2.62. The fourth-order valence-electron chi connectivity index (χ4n) is 2.45. The predicted octanol–water partition coefficient (Wildman–Crippen LogP) is 4.19. The Hall–Kier alpha value is -3.67. The van der Waals surface area contributed by atoms with Gasteiger partial charge in [0.2, 0.25) is 5.75 Å². The van der Waals surface area contributed by atoms with E-state index >= 15 is 0 Å². The minimum Gasteiger partial charge on any atom is -0.507 e. The van der Waals surface area contributed by atoms with Crippen LogP contribution in [-0.2, 0) is 0 Å². The van der Waals surface area contributed by atoms with Gasteiger partial charge in [-0.25, -0.2) is 4.79 Å². The summed E-state index contributed by atoms with van der Waals surface area (Å²) in [4.78, 5) is 23.0. The lowest BCUT2D eigenvalue weighted by Crippen LogP contribution is -2.11. The Morgan fingerprint density at radius 2 is 1.48 bits per heavy atom. The Kier molecular flexibility index (Phi) is 4.43. The lowest BCUT2D eigenvalue weighted by atomic mass is 9.99. The van der Waals surface area contributed by atoms with Crippen molar-refractivity contribution in [2.24, 2.45) is 0 Å². The van der Waals surface area contributed by atoms with Crippen LogP contribution in [0, 0.1) is 10.1 Å². The fourth-order valence-corrected chi connectivity index (χ4v) is 2.45. The third kappa shape index (κ3) is 3.32. The van der Waals surface area contributed by atoms with Crippen molar-refractivity contribution in [3.05, 3.63) is 88.5 Å². The molecule has 0 aliphatic rings. The van der Waals surface area contributed by atoms with Gasteiger partial charge < -0.3 is 9.84 Å². The van der Waals surface area contributed by atoms with E-state index in [0.29, 0.717) is 11.1 Å². The number of nitrogens with zero attached hydrogens (tertiary/aromatic N) is 1. The van der Waals surface area contributed by atoms with Crippen molar-refractivity contribution in [2.45, 2.75) is 0 Å². The summed E-state index contributed by atoms with van der Waals surface area (Å²) >= 11 is 0. The first kappa shape index (κ1) is 16.2. The maximum absolute atomic E-state index is 12.6. The summed E-state index contributed by atoms with van der Waals surface area (Å²) in [6.45, 7) is 0. The van der Waals surface area contributed by atoms with Crippen LogP contribution in [0.25, 0.3) is 11.1 Å². The van der Waals surface area contributed by atoms with Gasteiger partial charge in [-0.1, -0.05) is 48.5 Å². The van der Waals surface area contributed by atoms with Gasteiger partial charge in [0.1, 0.15) is 5.75 Å². The molecule has 25 heavy (non-hydrogen) atoms. The second kappa shape index (κ2) is 6.84. The number of hydrogen-bond donors (Lipinski definition) is 1. The minimum atomic E-state index is -0.742. The van der Waals surface area contributed by atoms with Crippen LogP contribution in [0.4, 0.5) is 5.69 Å². The van der Waals surface area contributed by atoms with Gasteiger partial charge in [-0.15, -0.1) is 0 Å². The van der Waals surface area contributed by atoms with Gasteiger partial charge in [0.05, 0.1) is 10.5 Å². The molecule has 6 nitrogen and oxygen atoms in total. The molecule has 0 fully saturated rings. The topological polar surface area (TPSA) is 89.7 Å². The molecule has 0 amide bonds. The number of phenolic OH excluding ortho intramolecular Hbond substituents is 1. The number of nitro benzene ring substituents is 1. The first-order valence-corrected chi connectivity index (χ1v) is 7.41. The Bertz CT molecular complexity index is 952. The van der Waals surface area contributed by atoms with Crippen LogP contribution in [0.15, 0.2) is 72.8 Å². The normalized spacial score (nSPS) is 10.2. The molecule has 124 valence electrons. The highest BCUT2D eigenvalue weighted by Gasteiger charge is 2.21. The van der Waals surface area contributed by atoms with E-state index in [0.717, 1.165) is 0 Å². The summed E-state index contributed by atoms with van der Waals surface area (Å²) in [5.41, 5.74) is 0.847. The number of esters is 1. The first-order valence-electron chi connectivity index (χ1n) is 7.41. The number of nitro groups is 1. The molecule has 0 saturated heterocycles. The highest BCUT2D eigenvalue weighted by atomic mass is 16.6. The Morgan fingerprint density at radius 1 is 0.880 bits per heavy atom. The molecule has 3 aromatic rings. The Labute approximate surface area is 143 Å². The lowest BCUT2D eigenvalue weighted by Gasteiger charge is -2.11. The Morgan fingerprint density at radius 3 is 2.20 bits per heavy atom. The third-order valence-electron chi connectivity index (χ3n) is 3.61. The summed E-state index contributed by atoms with van der Waals surface area (Å²) in [6.07, 6.45) is 0. The third-order valence-corrected chi connectivity index (χ3v) is 3.61. The molecule has 6 heteroatoms. The molecule has 0 spiro atoms. The van der Waals surface area contributed by atoms with Gasteiger partial charge in [-0.2, -0.15) is 0 Å². The molecule has 0 bridgehead atoms. The van der Waals surface area contributed by atoms with E-state index in [4.69, 9.17) is 4.74 Å².